The number of benzene rings is 2. The van der Waals surface area contributed by atoms with Gasteiger partial charge in [0, 0.05) is 0 Å². The van der Waals surface area contributed by atoms with Crippen LogP contribution in [0.4, 0.5) is 0 Å². The van der Waals surface area contributed by atoms with E-state index >= 15 is 0 Å². The average Bonchev–Trinajstić information content (AvgIpc) is 2.71. The quantitative estimate of drug-likeness (QED) is 0.417. The summed E-state index contributed by atoms with van der Waals surface area (Å²) in [6.07, 6.45) is 1.42. The fraction of sp³-hybridized carbons (Fsp3) is 0.238. The molecule has 3 N–H and O–H groups in total. The SMILES string of the molecule is CC(C)C(NC(=O)c1ccccc1Cl)C(=O)N/N=C/c1ccc(OCC(=O)O)cc1. The summed E-state index contributed by atoms with van der Waals surface area (Å²) in [7, 11) is 0. The predicted molar refractivity (Wildman–Crippen MR) is 113 cm³/mol. The molecule has 0 aliphatic rings. The third kappa shape index (κ3) is 6.89. The number of amides is 2. The number of hydrogen-bond donors (Lipinski definition) is 3. The Hall–Kier alpha value is -3.39. The Balaban J connectivity index is 1.95. The van der Waals surface area contributed by atoms with E-state index in [0.29, 0.717) is 16.3 Å². The summed E-state index contributed by atoms with van der Waals surface area (Å²) in [5.74, 6) is -1.76. The lowest BCUT2D eigenvalue weighted by molar-refractivity contribution is -0.139. The normalized spacial score (nSPS) is 11.9. The van der Waals surface area contributed by atoms with E-state index < -0.39 is 30.4 Å². The minimum atomic E-state index is -1.07. The molecule has 2 aromatic rings. The van der Waals surface area contributed by atoms with E-state index in [2.05, 4.69) is 15.8 Å². The minimum Gasteiger partial charge on any atom is -0.482 e. The summed E-state index contributed by atoms with van der Waals surface area (Å²) in [6.45, 7) is 3.17. The van der Waals surface area contributed by atoms with Crippen LogP contribution in [0.5, 0.6) is 5.75 Å². The molecule has 1 unspecified atom stereocenters. The van der Waals surface area contributed by atoms with Crippen LogP contribution in [-0.2, 0) is 9.59 Å². The molecule has 8 nitrogen and oxygen atoms in total. The number of hydrazone groups is 1. The van der Waals surface area contributed by atoms with Crippen LogP contribution in [0.2, 0.25) is 5.02 Å². The maximum Gasteiger partial charge on any atom is 0.341 e. The molecule has 0 fully saturated rings. The van der Waals surface area contributed by atoms with Gasteiger partial charge in [0.2, 0.25) is 0 Å². The van der Waals surface area contributed by atoms with Crippen molar-refractivity contribution in [2.45, 2.75) is 19.9 Å². The summed E-state index contributed by atoms with van der Waals surface area (Å²) >= 11 is 6.04. The molecule has 0 bridgehead atoms. The molecule has 30 heavy (non-hydrogen) atoms. The van der Waals surface area contributed by atoms with Gasteiger partial charge < -0.3 is 15.2 Å². The van der Waals surface area contributed by atoms with Gasteiger partial charge in [-0.15, -0.1) is 0 Å². The van der Waals surface area contributed by atoms with Gasteiger partial charge in [0.25, 0.3) is 11.8 Å². The van der Waals surface area contributed by atoms with Gasteiger partial charge in [-0.25, -0.2) is 10.2 Å². The van der Waals surface area contributed by atoms with Crippen molar-refractivity contribution in [1.82, 2.24) is 10.7 Å². The van der Waals surface area contributed by atoms with Crippen molar-refractivity contribution in [2.75, 3.05) is 6.61 Å². The van der Waals surface area contributed by atoms with Crippen LogP contribution in [-0.4, -0.2) is 41.8 Å². The molecule has 2 aromatic carbocycles. The Morgan fingerprint density at radius 2 is 1.80 bits per heavy atom. The zero-order valence-corrected chi connectivity index (χ0v) is 17.2. The van der Waals surface area contributed by atoms with E-state index in [1.807, 2.05) is 0 Å². The smallest absolute Gasteiger partial charge is 0.341 e. The summed E-state index contributed by atoms with van der Waals surface area (Å²) < 4.78 is 5.04. The highest BCUT2D eigenvalue weighted by atomic mass is 35.5. The Bertz CT molecular complexity index is 928. The summed E-state index contributed by atoms with van der Waals surface area (Å²) in [4.78, 5) is 35.4. The molecule has 0 aliphatic heterocycles. The van der Waals surface area contributed by atoms with Gasteiger partial charge in [-0.3, -0.25) is 9.59 Å². The molecule has 0 heterocycles. The zero-order valence-electron chi connectivity index (χ0n) is 16.5. The van der Waals surface area contributed by atoms with Crippen LogP contribution in [0, 0.1) is 5.92 Å². The second-order valence-electron chi connectivity index (χ2n) is 6.66. The molecular formula is C21H22ClN3O5. The van der Waals surface area contributed by atoms with E-state index in [-0.39, 0.29) is 11.5 Å². The molecule has 0 saturated heterocycles. The van der Waals surface area contributed by atoms with Crippen molar-refractivity contribution in [3.8, 4) is 5.75 Å². The number of ether oxygens (including phenoxy) is 1. The fourth-order valence-electron chi connectivity index (χ4n) is 2.43. The van der Waals surface area contributed by atoms with E-state index in [1.54, 1.807) is 62.4 Å². The summed E-state index contributed by atoms with van der Waals surface area (Å²) in [5.41, 5.74) is 3.36. The van der Waals surface area contributed by atoms with Gasteiger partial charge in [-0.05, 0) is 47.9 Å². The van der Waals surface area contributed by atoms with Crippen molar-refractivity contribution in [3.05, 3.63) is 64.7 Å². The van der Waals surface area contributed by atoms with E-state index in [0.717, 1.165) is 0 Å². The monoisotopic (exact) mass is 431 g/mol. The topological polar surface area (TPSA) is 117 Å². The second kappa shape index (κ2) is 11.0. The van der Waals surface area contributed by atoms with Crippen molar-refractivity contribution >= 4 is 35.6 Å². The van der Waals surface area contributed by atoms with Gasteiger partial charge in [0.05, 0.1) is 16.8 Å². The number of halogens is 1. The summed E-state index contributed by atoms with van der Waals surface area (Å²) in [5, 5.41) is 15.5. The lowest BCUT2D eigenvalue weighted by atomic mass is 10.0. The number of nitrogens with zero attached hydrogens (tertiary/aromatic N) is 1. The molecule has 158 valence electrons. The Kier molecular flexibility index (Phi) is 8.37. The van der Waals surface area contributed by atoms with Crippen LogP contribution in [0.3, 0.4) is 0 Å². The van der Waals surface area contributed by atoms with Crippen LogP contribution in [0.1, 0.15) is 29.8 Å². The van der Waals surface area contributed by atoms with Gasteiger partial charge in [0.15, 0.2) is 6.61 Å². The van der Waals surface area contributed by atoms with E-state index in [1.165, 1.54) is 6.21 Å². The van der Waals surface area contributed by atoms with Crippen molar-refractivity contribution in [1.29, 1.82) is 0 Å². The third-order valence-electron chi connectivity index (χ3n) is 3.98. The van der Waals surface area contributed by atoms with E-state index in [9.17, 15) is 14.4 Å². The number of rotatable bonds is 9. The molecule has 0 aromatic heterocycles. The molecule has 2 rings (SSSR count). The molecular weight excluding hydrogens is 410 g/mol. The van der Waals surface area contributed by atoms with Crippen LogP contribution in [0.25, 0.3) is 0 Å². The maximum atomic E-state index is 12.5. The molecule has 2 amide bonds. The lowest BCUT2D eigenvalue weighted by Gasteiger charge is -2.20. The second-order valence-corrected chi connectivity index (χ2v) is 7.07. The number of carboxylic acid groups (broad SMARTS) is 1. The molecule has 1 atom stereocenters. The number of carboxylic acids is 1. The highest BCUT2D eigenvalue weighted by molar-refractivity contribution is 6.33. The molecule has 0 radical (unpaired) electrons. The fourth-order valence-corrected chi connectivity index (χ4v) is 2.66. The highest BCUT2D eigenvalue weighted by Crippen LogP contribution is 2.15. The van der Waals surface area contributed by atoms with Crippen LogP contribution < -0.4 is 15.5 Å². The summed E-state index contributed by atoms with van der Waals surface area (Å²) in [6, 6.07) is 12.3. The highest BCUT2D eigenvalue weighted by Gasteiger charge is 2.25. The molecule has 0 spiro atoms. The van der Waals surface area contributed by atoms with Crippen molar-refractivity contribution < 1.29 is 24.2 Å². The predicted octanol–water partition coefficient (Wildman–Crippen LogP) is 2.71. The minimum absolute atomic E-state index is 0.183. The lowest BCUT2D eigenvalue weighted by Crippen LogP contribution is -2.48. The number of aliphatic carboxylic acids is 1. The van der Waals surface area contributed by atoms with E-state index in [4.69, 9.17) is 21.4 Å². The van der Waals surface area contributed by atoms with Crippen LogP contribution >= 0.6 is 11.6 Å². The first kappa shape index (κ1) is 22.9. The first-order valence-electron chi connectivity index (χ1n) is 9.11. The first-order valence-corrected chi connectivity index (χ1v) is 9.48. The number of carbonyl (C=O) groups excluding carboxylic acids is 2. The Morgan fingerprint density at radius 3 is 2.40 bits per heavy atom. The zero-order chi connectivity index (χ0) is 22.1. The van der Waals surface area contributed by atoms with Gasteiger partial charge in [-0.1, -0.05) is 37.6 Å². The number of carbonyl (C=O) groups is 3. The van der Waals surface area contributed by atoms with Crippen molar-refractivity contribution in [2.24, 2.45) is 11.0 Å². The molecule has 9 heteroatoms. The van der Waals surface area contributed by atoms with Gasteiger partial charge in [-0.2, -0.15) is 5.10 Å². The maximum absolute atomic E-state index is 12.5. The molecule has 0 aliphatic carbocycles. The standard InChI is InChI=1S/C21H22ClN3O5/c1-13(2)19(24-20(28)16-5-3-4-6-17(16)22)21(29)25-23-11-14-7-9-15(10-8-14)30-12-18(26)27/h3-11,13,19H,12H2,1-2H3,(H,24,28)(H,25,29)(H,26,27)/b23-11+. The first-order chi connectivity index (χ1) is 14.3. The van der Waals surface area contributed by atoms with Gasteiger partial charge >= 0.3 is 5.97 Å². The van der Waals surface area contributed by atoms with Gasteiger partial charge in [0.1, 0.15) is 11.8 Å². The number of hydrogen-bond acceptors (Lipinski definition) is 5. The largest absolute Gasteiger partial charge is 0.482 e. The Morgan fingerprint density at radius 1 is 1.13 bits per heavy atom. The third-order valence-corrected chi connectivity index (χ3v) is 4.31. The average molecular weight is 432 g/mol. The van der Waals surface area contributed by atoms with Crippen LogP contribution in [0.15, 0.2) is 53.6 Å². The number of nitrogens with one attached hydrogen (secondary N) is 2. The Labute approximate surface area is 178 Å². The molecule has 0 saturated carbocycles. The van der Waals surface area contributed by atoms with Crippen molar-refractivity contribution in [3.63, 3.8) is 0 Å².